The van der Waals surface area contributed by atoms with E-state index in [-0.39, 0.29) is 24.9 Å². The molecule has 0 aromatic heterocycles. The molecule has 0 bridgehead atoms. The van der Waals surface area contributed by atoms with Gasteiger partial charge in [-0.2, -0.15) is 0 Å². The van der Waals surface area contributed by atoms with Crippen molar-refractivity contribution in [3.8, 4) is 0 Å². The maximum atomic E-state index is 10.9. The van der Waals surface area contributed by atoms with Gasteiger partial charge >= 0.3 is 5.97 Å². The predicted molar refractivity (Wildman–Crippen MR) is 48.3 cm³/mol. The summed E-state index contributed by atoms with van der Waals surface area (Å²) in [6.45, 7) is 4.16. The minimum absolute atomic E-state index is 0.0697. The van der Waals surface area contributed by atoms with E-state index >= 15 is 0 Å². The van der Waals surface area contributed by atoms with Crippen molar-refractivity contribution in [1.29, 1.82) is 0 Å². The van der Waals surface area contributed by atoms with Crippen LogP contribution in [0.3, 0.4) is 0 Å². The highest BCUT2D eigenvalue weighted by molar-refractivity contribution is 5.69. The molecule has 0 aliphatic rings. The van der Waals surface area contributed by atoms with E-state index in [4.69, 9.17) is 9.47 Å². The third-order valence-electron chi connectivity index (χ3n) is 1.69. The summed E-state index contributed by atoms with van der Waals surface area (Å²) in [5.41, 5.74) is 0. The van der Waals surface area contributed by atoms with E-state index in [0.29, 0.717) is 6.61 Å². The van der Waals surface area contributed by atoms with Crippen LogP contribution in [0.4, 0.5) is 0 Å². The Labute approximate surface area is 78.8 Å². The molecule has 0 saturated heterocycles. The number of methoxy groups -OCH3 is 1. The van der Waals surface area contributed by atoms with Gasteiger partial charge in [-0.1, -0.05) is 13.8 Å². The molecule has 0 saturated carbocycles. The van der Waals surface area contributed by atoms with Crippen LogP contribution < -0.4 is 0 Å². The van der Waals surface area contributed by atoms with Crippen molar-refractivity contribution >= 4 is 5.97 Å². The van der Waals surface area contributed by atoms with Gasteiger partial charge in [0.15, 0.2) is 0 Å². The SMILES string of the molecule is COCCC(=O)OCC(O)C(C)C. The van der Waals surface area contributed by atoms with E-state index in [0.717, 1.165) is 0 Å². The number of carbonyl (C=O) groups is 1. The predicted octanol–water partition coefficient (Wildman–Crippen LogP) is 0.583. The fourth-order valence-electron chi connectivity index (χ4n) is 0.628. The van der Waals surface area contributed by atoms with Crippen molar-refractivity contribution < 1.29 is 19.4 Å². The number of hydrogen-bond donors (Lipinski definition) is 1. The molecule has 0 spiro atoms. The van der Waals surface area contributed by atoms with E-state index in [1.54, 1.807) is 0 Å². The summed E-state index contributed by atoms with van der Waals surface area (Å²) in [5.74, 6) is -0.225. The molecule has 0 aromatic rings. The van der Waals surface area contributed by atoms with Gasteiger partial charge in [-0.05, 0) is 5.92 Å². The molecule has 0 heterocycles. The highest BCUT2D eigenvalue weighted by Gasteiger charge is 2.11. The van der Waals surface area contributed by atoms with E-state index in [1.165, 1.54) is 7.11 Å². The average molecular weight is 190 g/mol. The number of esters is 1. The van der Waals surface area contributed by atoms with Gasteiger partial charge in [0.1, 0.15) is 6.61 Å². The fourth-order valence-corrected chi connectivity index (χ4v) is 0.628. The van der Waals surface area contributed by atoms with Crippen LogP contribution in [0.25, 0.3) is 0 Å². The second kappa shape index (κ2) is 6.86. The molecule has 0 aliphatic heterocycles. The first kappa shape index (κ1) is 12.4. The monoisotopic (exact) mass is 190 g/mol. The topological polar surface area (TPSA) is 55.8 Å². The Bertz CT molecular complexity index is 145. The highest BCUT2D eigenvalue weighted by Crippen LogP contribution is 2.01. The quantitative estimate of drug-likeness (QED) is 0.622. The van der Waals surface area contributed by atoms with E-state index in [9.17, 15) is 9.90 Å². The van der Waals surface area contributed by atoms with Crippen LogP contribution >= 0.6 is 0 Å². The zero-order chi connectivity index (χ0) is 10.3. The number of aliphatic hydroxyl groups excluding tert-OH is 1. The van der Waals surface area contributed by atoms with E-state index in [1.807, 2.05) is 13.8 Å². The maximum Gasteiger partial charge on any atom is 0.308 e. The Hall–Kier alpha value is -0.610. The lowest BCUT2D eigenvalue weighted by Crippen LogP contribution is -2.23. The summed E-state index contributed by atoms with van der Waals surface area (Å²) in [5, 5.41) is 9.29. The minimum Gasteiger partial charge on any atom is -0.463 e. The summed E-state index contributed by atoms with van der Waals surface area (Å²) >= 11 is 0. The number of ether oxygens (including phenoxy) is 2. The summed E-state index contributed by atoms with van der Waals surface area (Å²) in [7, 11) is 1.52. The van der Waals surface area contributed by atoms with Crippen LogP contribution in [0.15, 0.2) is 0 Å². The van der Waals surface area contributed by atoms with Crippen molar-refractivity contribution in [3.63, 3.8) is 0 Å². The lowest BCUT2D eigenvalue weighted by molar-refractivity contribution is -0.148. The Morgan fingerprint density at radius 3 is 2.54 bits per heavy atom. The summed E-state index contributed by atoms with van der Waals surface area (Å²) in [6, 6.07) is 0. The van der Waals surface area contributed by atoms with Gasteiger partial charge in [0.25, 0.3) is 0 Å². The van der Waals surface area contributed by atoms with Gasteiger partial charge in [0.2, 0.25) is 0 Å². The molecule has 1 atom stereocenters. The second-order valence-electron chi connectivity index (χ2n) is 3.24. The first-order valence-corrected chi connectivity index (χ1v) is 4.40. The minimum atomic E-state index is -0.577. The van der Waals surface area contributed by atoms with Crippen molar-refractivity contribution in [3.05, 3.63) is 0 Å². The average Bonchev–Trinajstić information content (AvgIpc) is 2.10. The molecule has 4 nitrogen and oxygen atoms in total. The number of aliphatic hydroxyl groups is 1. The zero-order valence-electron chi connectivity index (χ0n) is 8.45. The Balaban J connectivity index is 3.46. The first-order valence-electron chi connectivity index (χ1n) is 4.40. The molecule has 1 unspecified atom stereocenters. The lowest BCUT2D eigenvalue weighted by Gasteiger charge is -2.14. The van der Waals surface area contributed by atoms with Gasteiger partial charge in [0, 0.05) is 7.11 Å². The van der Waals surface area contributed by atoms with Crippen LogP contribution in [0.1, 0.15) is 20.3 Å². The molecular formula is C9H18O4. The third kappa shape index (κ3) is 6.54. The van der Waals surface area contributed by atoms with Crippen LogP contribution in [0.5, 0.6) is 0 Å². The molecule has 0 aromatic carbocycles. The molecular weight excluding hydrogens is 172 g/mol. The summed E-state index contributed by atoms with van der Waals surface area (Å²) in [6.07, 6.45) is -0.340. The van der Waals surface area contributed by atoms with Crippen LogP contribution in [-0.4, -0.2) is 37.5 Å². The van der Waals surface area contributed by atoms with Gasteiger partial charge in [-0.15, -0.1) is 0 Å². The molecule has 0 aliphatic carbocycles. The molecule has 4 heteroatoms. The largest absolute Gasteiger partial charge is 0.463 e. The second-order valence-corrected chi connectivity index (χ2v) is 3.24. The molecule has 0 radical (unpaired) electrons. The zero-order valence-corrected chi connectivity index (χ0v) is 8.45. The number of carbonyl (C=O) groups excluding carboxylic acids is 1. The molecule has 0 amide bonds. The first-order chi connectivity index (χ1) is 6.07. The number of hydrogen-bond acceptors (Lipinski definition) is 4. The normalized spacial score (nSPS) is 13.0. The summed E-state index contributed by atoms with van der Waals surface area (Å²) < 4.78 is 9.50. The maximum absolute atomic E-state index is 10.9. The molecule has 1 N–H and O–H groups in total. The highest BCUT2D eigenvalue weighted by atomic mass is 16.5. The van der Waals surface area contributed by atoms with Gasteiger partial charge in [0.05, 0.1) is 19.1 Å². The van der Waals surface area contributed by atoms with E-state index in [2.05, 4.69) is 0 Å². The number of rotatable bonds is 6. The van der Waals surface area contributed by atoms with Crippen LogP contribution in [0, 0.1) is 5.92 Å². The Morgan fingerprint density at radius 2 is 2.08 bits per heavy atom. The third-order valence-corrected chi connectivity index (χ3v) is 1.69. The Morgan fingerprint density at radius 1 is 1.46 bits per heavy atom. The van der Waals surface area contributed by atoms with Gasteiger partial charge in [-0.3, -0.25) is 4.79 Å². The molecule has 0 rings (SSSR count). The van der Waals surface area contributed by atoms with Crippen LogP contribution in [0.2, 0.25) is 0 Å². The molecule has 0 fully saturated rings. The van der Waals surface area contributed by atoms with Crippen molar-refractivity contribution in [2.75, 3.05) is 20.3 Å². The molecule has 13 heavy (non-hydrogen) atoms. The summed E-state index contributed by atoms with van der Waals surface area (Å²) in [4.78, 5) is 10.9. The standard InChI is InChI=1S/C9H18O4/c1-7(2)8(10)6-13-9(11)4-5-12-3/h7-8,10H,4-6H2,1-3H3. The van der Waals surface area contributed by atoms with Crippen molar-refractivity contribution in [2.45, 2.75) is 26.4 Å². The Kier molecular flexibility index (Phi) is 6.54. The van der Waals surface area contributed by atoms with Gasteiger partial charge < -0.3 is 14.6 Å². The van der Waals surface area contributed by atoms with E-state index < -0.39 is 6.10 Å². The van der Waals surface area contributed by atoms with Crippen LogP contribution in [-0.2, 0) is 14.3 Å². The lowest BCUT2D eigenvalue weighted by atomic mass is 10.1. The van der Waals surface area contributed by atoms with Gasteiger partial charge in [-0.25, -0.2) is 0 Å². The van der Waals surface area contributed by atoms with Crippen molar-refractivity contribution in [2.24, 2.45) is 5.92 Å². The smallest absolute Gasteiger partial charge is 0.308 e. The van der Waals surface area contributed by atoms with Crippen molar-refractivity contribution in [1.82, 2.24) is 0 Å². The fraction of sp³-hybridized carbons (Fsp3) is 0.889. The molecule has 78 valence electrons.